The van der Waals surface area contributed by atoms with Gasteiger partial charge < -0.3 is 10.8 Å². The molecule has 0 aliphatic carbocycles. The zero-order chi connectivity index (χ0) is 9.84. The van der Waals surface area contributed by atoms with Crippen LogP contribution in [0.5, 0.6) is 0 Å². The average Bonchev–Trinajstić information content (AvgIpc) is 2.52. The Bertz CT molecular complexity index is 257. The highest BCUT2D eigenvalue weighted by Gasteiger charge is 2.13. The summed E-state index contributed by atoms with van der Waals surface area (Å²) in [6.07, 6.45) is 1.79. The molecule has 74 valence electrons. The first kappa shape index (κ1) is 10.2. The number of aliphatic hydroxyl groups is 1. The predicted molar refractivity (Wildman–Crippen MR) is 51.2 cm³/mol. The second-order valence-electron chi connectivity index (χ2n) is 3.39. The van der Waals surface area contributed by atoms with Gasteiger partial charge in [0, 0.05) is 12.2 Å². The zero-order valence-electron chi connectivity index (χ0n) is 8.14. The van der Waals surface area contributed by atoms with E-state index in [1.807, 2.05) is 24.6 Å². The Morgan fingerprint density at radius 1 is 1.62 bits per heavy atom. The Morgan fingerprint density at radius 2 is 2.31 bits per heavy atom. The molecular formula is C9H17N3O. The van der Waals surface area contributed by atoms with Crippen molar-refractivity contribution < 1.29 is 5.11 Å². The van der Waals surface area contributed by atoms with E-state index in [1.165, 1.54) is 0 Å². The fourth-order valence-electron chi connectivity index (χ4n) is 1.33. The molecule has 0 amide bonds. The third-order valence-corrected chi connectivity index (χ3v) is 1.97. The molecule has 4 heteroatoms. The van der Waals surface area contributed by atoms with E-state index in [0.29, 0.717) is 13.0 Å². The summed E-state index contributed by atoms with van der Waals surface area (Å²) in [4.78, 5) is 0. The summed E-state index contributed by atoms with van der Waals surface area (Å²) in [5.41, 5.74) is 6.22. The smallest absolute Gasteiger partial charge is 0.0968 e. The van der Waals surface area contributed by atoms with Crippen LogP contribution < -0.4 is 5.73 Å². The molecule has 0 unspecified atom stereocenters. The first-order valence-corrected chi connectivity index (χ1v) is 4.58. The summed E-state index contributed by atoms with van der Waals surface area (Å²) in [5, 5.41) is 13.8. The number of aliphatic hydroxyl groups excluding tert-OH is 1. The Kier molecular flexibility index (Phi) is 3.45. The normalized spacial score (nSPS) is 13.6. The van der Waals surface area contributed by atoms with Crippen LogP contribution in [0.15, 0.2) is 12.3 Å². The maximum Gasteiger partial charge on any atom is 0.0968 e. The van der Waals surface area contributed by atoms with Crippen molar-refractivity contribution in [2.75, 3.05) is 6.54 Å². The molecule has 1 atom stereocenters. The van der Waals surface area contributed by atoms with Gasteiger partial charge in [-0.3, -0.25) is 4.68 Å². The van der Waals surface area contributed by atoms with Crippen LogP contribution in [-0.2, 0) is 0 Å². The van der Waals surface area contributed by atoms with Gasteiger partial charge in [-0.15, -0.1) is 0 Å². The minimum atomic E-state index is -0.491. The molecule has 0 aliphatic rings. The quantitative estimate of drug-likeness (QED) is 0.727. The van der Waals surface area contributed by atoms with Crippen LogP contribution in [0.25, 0.3) is 0 Å². The third-order valence-electron chi connectivity index (χ3n) is 1.97. The molecule has 13 heavy (non-hydrogen) atoms. The van der Waals surface area contributed by atoms with Crippen molar-refractivity contribution in [3.63, 3.8) is 0 Å². The van der Waals surface area contributed by atoms with Crippen molar-refractivity contribution in [3.8, 4) is 0 Å². The van der Waals surface area contributed by atoms with Crippen LogP contribution in [0.3, 0.4) is 0 Å². The lowest BCUT2D eigenvalue weighted by Crippen LogP contribution is -2.14. The summed E-state index contributed by atoms with van der Waals surface area (Å²) in [7, 11) is 0. The molecule has 0 aromatic carbocycles. The largest absolute Gasteiger partial charge is 0.387 e. The standard InChI is InChI=1S/C9H17N3O/c1-7(2)12-8(4-6-11-12)9(13)3-5-10/h4,6-7,9,13H,3,5,10H2,1-2H3/t9-/m1/s1. The van der Waals surface area contributed by atoms with Crippen LogP contribution in [0.4, 0.5) is 0 Å². The monoisotopic (exact) mass is 183 g/mol. The summed E-state index contributed by atoms with van der Waals surface area (Å²) in [5.74, 6) is 0. The van der Waals surface area contributed by atoms with Crippen LogP contribution >= 0.6 is 0 Å². The molecule has 4 nitrogen and oxygen atoms in total. The van der Waals surface area contributed by atoms with E-state index >= 15 is 0 Å². The highest BCUT2D eigenvalue weighted by atomic mass is 16.3. The number of aromatic nitrogens is 2. The third kappa shape index (κ3) is 2.29. The van der Waals surface area contributed by atoms with Gasteiger partial charge in [-0.05, 0) is 32.9 Å². The molecule has 0 saturated carbocycles. The van der Waals surface area contributed by atoms with Crippen LogP contribution in [0.2, 0.25) is 0 Å². The maximum atomic E-state index is 9.70. The van der Waals surface area contributed by atoms with Gasteiger partial charge >= 0.3 is 0 Å². The van der Waals surface area contributed by atoms with E-state index in [2.05, 4.69) is 5.10 Å². The first-order chi connectivity index (χ1) is 6.16. The molecular weight excluding hydrogens is 166 g/mol. The second-order valence-corrected chi connectivity index (χ2v) is 3.39. The Labute approximate surface area is 78.4 Å². The predicted octanol–water partition coefficient (Wildman–Crippen LogP) is 0.846. The minimum Gasteiger partial charge on any atom is -0.387 e. The van der Waals surface area contributed by atoms with Gasteiger partial charge in [0.15, 0.2) is 0 Å². The van der Waals surface area contributed by atoms with Gasteiger partial charge in [0.25, 0.3) is 0 Å². The molecule has 1 aromatic rings. The van der Waals surface area contributed by atoms with Crippen LogP contribution in [-0.4, -0.2) is 21.4 Å². The number of nitrogens with zero attached hydrogens (tertiary/aromatic N) is 2. The summed E-state index contributed by atoms with van der Waals surface area (Å²) >= 11 is 0. The van der Waals surface area contributed by atoms with Gasteiger partial charge in [0.05, 0.1) is 11.8 Å². The molecule has 3 N–H and O–H groups in total. The zero-order valence-corrected chi connectivity index (χ0v) is 8.14. The minimum absolute atomic E-state index is 0.275. The molecule has 0 aliphatic heterocycles. The van der Waals surface area contributed by atoms with Crippen molar-refractivity contribution in [1.29, 1.82) is 0 Å². The van der Waals surface area contributed by atoms with E-state index in [9.17, 15) is 5.11 Å². The molecule has 0 bridgehead atoms. The second kappa shape index (κ2) is 4.39. The number of nitrogens with two attached hydrogens (primary N) is 1. The topological polar surface area (TPSA) is 64.1 Å². The first-order valence-electron chi connectivity index (χ1n) is 4.58. The Morgan fingerprint density at radius 3 is 2.85 bits per heavy atom. The van der Waals surface area contributed by atoms with Gasteiger partial charge in [-0.1, -0.05) is 0 Å². The number of hydrogen-bond donors (Lipinski definition) is 2. The fourth-order valence-corrected chi connectivity index (χ4v) is 1.33. The lowest BCUT2D eigenvalue weighted by Gasteiger charge is -2.14. The Hall–Kier alpha value is -0.870. The van der Waals surface area contributed by atoms with Gasteiger partial charge in [0.1, 0.15) is 0 Å². The molecule has 0 radical (unpaired) electrons. The molecule has 1 rings (SSSR count). The summed E-state index contributed by atoms with van der Waals surface area (Å²) < 4.78 is 1.82. The van der Waals surface area contributed by atoms with Crippen LogP contribution in [0, 0.1) is 0 Å². The molecule has 0 saturated heterocycles. The van der Waals surface area contributed by atoms with Crippen molar-refractivity contribution in [2.45, 2.75) is 32.4 Å². The van der Waals surface area contributed by atoms with E-state index in [-0.39, 0.29) is 6.04 Å². The van der Waals surface area contributed by atoms with E-state index in [1.54, 1.807) is 6.20 Å². The Balaban J connectivity index is 2.80. The van der Waals surface area contributed by atoms with Crippen molar-refractivity contribution in [2.24, 2.45) is 5.73 Å². The maximum absolute atomic E-state index is 9.70. The lowest BCUT2D eigenvalue weighted by atomic mass is 10.2. The average molecular weight is 183 g/mol. The molecule has 1 heterocycles. The SMILES string of the molecule is CC(C)n1nccc1[C@H](O)CCN. The molecule has 0 fully saturated rings. The highest BCUT2D eigenvalue weighted by molar-refractivity contribution is 5.05. The molecule has 0 spiro atoms. The van der Waals surface area contributed by atoms with Gasteiger partial charge in [-0.2, -0.15) is 5.10 Å². The number of hydrogen-bond acceptors (Lipinski definition) is 3. The van der Waals surface area contributed by atoms with Crippen LogP contribution in [0.1, 0.15) is 38.1 Å². The molecule has 1 aromatic heterocycles. The highest BCUT2D eigenvalue weighted by Crippen LogP contribution is 2.18. The van der Waals surface area contributed by atoms with Gasteiger partial charge in [0.2, 0.25) is 0 Å². The van der Waals surface area contributed by atoms with Crippen molar-refractivity contribution in [3.05, 3.63) is 18.0 Å². The summed E-state index contributed by atoms with van der Waals surface area (Å²) in [6, 6.07) is 2.11. The van der Waals surface area contributed by atoms with Crippen molar-refractivity contribution >= 4 is 0 Å². The number of rotatable bonds is 4. The lowest BCUT2D eigenvalue weighted by molar-refractivity contribution is 0.157. The fraction of sp³-hybridized carbons (Fsp3) is 0.667. The van der Waals surface area contributed by atoms with Crippen molar-refractivity contribution in [1.82, 2.24) is 9.78 Å². The van der Waals surface area contributed by atoms with Gasteiger partial charge in [-0.25, -0.2) is 0 Å². The van der Waals surface area contributed by atoms with E-state index in [4.69, 9.17) is 5.73 Å². The van der Waals surface area contributed by atoms with E-state index in [0.717, 1.165) is 5.69 Å². The summed E-state index contributed by atoms with van der Waals surface area (Å²) in [6.45, 7) is 4.56. The van der Waals surface area contributed by atoms with E-state index < -0.39 is 6.10 Å².